The molecular formula is C31H40N4O4. The van der Waals surface area contributed by atoms with E-state index in [-0.39, 0.29) is 28.6 Å². The Hall–Kier alpha value is -3.68. The first-order valence-corrected chi connectivity index (χ1v) is 13.8. The van der Waals surface area contributed by atoms with Gasteiger partial charge < -0.3 is 15.5 Å². The lowest BCUT2D eigenvalue weighted by Gasteiger charge is -2.51. The second-order valence-corrected chi connectivity index (χ2v) is 11.3. The Labute approximate surface area is 231 Å². The number of benzene rings is 2. The zero-order valence-electron chi connectivity index (χ0n) is 23.3. The van der Waals surface area contributed by atoms with Crippen LogP contribution in [0.25, 0.3) is 0 Å². The van der Waals surface area contributed by atoms with Crippen LogP contribution in [0.2, 0.25) is 0 Å². The van der Waals surface area contributed by atoms with Gasteiger partial charge in [0.05, 0.1) is 5.69 Å². The highest BCUT2D eigenvalue weighted by Crippen LogP contribution is 2.57. The minimum Gasteiger partial charge on any atom is -0.378 e. The smallest absolute Gasteiger partial charge is 0.230 e. The quantitative estimate of drug-likeness (QED) is 0.431. The molecule has 2 aromatic rings. The second kappa shape index (κ2) is 12.0. The van der Waals surface area contributed by atoms with Crippen molar-refractivity contribution in [3.8, 4) is 0 Å². The zero-order chi connectivity index (χ0) is 28.0. The second-order valence-electron chi connectivity index (χ2n) is 11.3. The summed E-state index contributed by atoms with van der Waals surface area (Å²) in [6.07, 6.45) is 6.50. The predicted octanol–water partition coefficient (Wildman–Crippen LogP) is 3.62. The summed E-state index contributed by atoms with van der Waals surface area (Å²) in [6, 6.07) is 15.6. The van der Waals surface area contributed by atoms with E-state index in [1.165, 1.54) is 12.5 Å². The van der Waals surface area contributed by atoms with Crippen LogP contribution < -0.4 is 20.4 Å². The average Bonchev–Trinajstić information content (AvgIpc) is 2.95. The Morgan fingerprint density at radius 1 is 0.718 bits per heavy atom. The van der Waals surface area contributed by atoms with Crippen molar-refractivity contribution in [1.82, 2.24) is 10.6 Å². The number of carbonyl (C=O) groups is 4. The van der Waals surface area contributed by atoms with Gasteiger partial charge in [-0.1, -0.05) is 24.3 Å². The van der Waals surface area contributed by atoms with Crippen molar-refractivity contribution < 1.29 is 19.2 Å². The van der Waals surface area contributed by atoms with E-state index in [2.05, 4.69) is 39.8 Å². The number of rotatable bonds is 11. The number of imide groups is 1. The van der Waals surface area contributed by atoms with Gasteiger partial charge in [-0.25, -0.2) is 0 Å². The third-order valence-corrected chi connectivity index (χ3v) is 8.72. The molecule has 2 aromatic carbocycles. The first-order valence-electron chi connectivity index (χ1n) is 13.8. The molecule has 0 aliphatic heterocycles. The molecule has 0 unspecified atom stereocenters. The van der Waals surface area contributed by atoms with Gasteiger partial charge in [0, 0.05) is 50.6 Å². The molecule has 3 fully saturated rings. The first kappa shape index (κ1) is 28.3. The van der Waals surface area contributed by atoms with Crippen molar-refractivity contribution in [2.45, 2.75) is 58.3 Å². The molecule has 39 heavy (non-hydrogen) atoms. The van der Waals surface area contributed by atoms with E-state index in [4.69, 9.17) is 0 Å². The minimum absolute atomic E-state index is 0.0951. The molecule has 3 aliphatic carbocycles. The average molecular weight is 533 g/mol. The lowest BCUT2D eigenvalue weighted by molar-refractivity contribution is -0.150. The van der Waals surface area contributed by atoms with Crippen molar-refractivity contribution in [3.63, 3.8) is 0 Å². The van der Waals surface area contributed by atoms with E-state index in [1.54, 1.807) is 12.1 Å². The van der Waals surface area contributed by atoms with E-state index in [0.29, 0.717) is 31.6 Å². The van der Waals surface area contributed by atoms with Gasteiger partial charge >= 0.3 is 0 Å². The van der Waals surface area contributed by atoms with Crippen LogP contribution in [-0.4, -0.2) is 51.3 Å². The maximum atomic E-state index is 13.2. The van der Waals surface area contributed by atoms with Crippen LogP contribution in [0.4, 0.5) is 11.4 Å². The highest BCUT2D eigenvalue weighted by Gasteiger charge is 2.55. The fourth-order valence-corrected chi connectivity index (χ4v) is 5.98. The normalized spacial score (nSPS) is 21.6. The van der Waals surface area contributed by atoms with Crippen molar-refractivity contribution in [3.05, 3.63) is 59.7 Å². The van der Waals surface area contributed by atoms with Gasteiger partial charge in [0.15, 0.2) is 0 Å². The van der Waals surface area contributed by atoms with Crippen LogP contribution in [-0.2, 0) is 32.0 Å². The maximum absolute atomic E-state index is 13.2. The lowest BCUT2D eigenvalue weighted by Crippen LogP contribution is -2.55. The van der Waals surface area contributed by atoms with E-state index >= 15 is 0 Å². The monoisotopic (exact) mass is 532 g/mol. The largest absolute Gasteiger partial charge is 0.378 e. The molecule has 8 nitrogen and oxygen atoms in total. The van der Waals surface area contributed by atoms with Crippen LogP contribution in [0.1, 0.15) is 56.6 Å². The minimum atomic E-state index is -0.369. The summed E-state index contributed by atoms with van der Waals surface area (Å²) in [7, 11) is 4.04. The Bertz CT molecular complexity index is 1170. The van der Waals surface area contributed by atoms with E-state index in [0.717, 1.165) is 61.1 Å². The highest BCUT2D eigenvalue weighted by atomic mass is 16.2. The summed E-state index contributed by atoms with van der Waals surface area (Å²) in [6.45, 7) is 2.48. The van der Waals surface area contributed by atoms with Crippen molar-refractivity contribution >= 4 is 35.5 Å². The Kier molecular flexibility index (Phi) is 8.73. The van der Waals surface area contributed by atoms with Crippen LogP contribution >= 0.6 is 0 Å². The van der Waals surface area contributed by atoms with Gasteiger partial charge in [-0.2, -0.15) is 0 Å². The third kappa shape index (κ3) is 6.32. The topological polar surface area (TPSA) is 98.8 Å². The molecule has 5 rings (SSSR count). The Morgan fingerprint density at radius 2 is 1.10 bits per heavy atom. The van der Waals surface area contributed by atoms with Crippen molar-refractivity contribution in [2.24, 2.45) is 10.8 Å². The third-order valence-electron chi connectivity index (χ3n) is 8.72. The molecule has 208 valence electrons. The lowest BCUT2D eigenvalue weighted by atomic mass is 9.53. The zero-order valence-corrected chi connectivity index (χ0v) is 23.3. The Balaban J connectivity index is 1.21. The summed E-state index contributed by atoms with van der Waals surface area (Å²) in [5.41, 5.74) is 3.20. The van der Waals surface area contributed by atoms with E-state index in [9.17, 15) is 19.2 Å². The van der Waals surface area contributed by atoms with Gasteiger partial charge in [0.1, 0.15) is 0 Å². The van der Waals surface area contributed by atoms with Gasteiger partial charge in [-0.15, -0.1) is 0 Å². The number of anilines is 2. The molecular weight excluding hydrogens is 492 g/mol. The summed E-state index contributed by atoms with van der Waals surface area (Å²) in [4.78, 5) is 52.1. The number of nitrogens with zero attached hydrogens (tertiary/aromatic N) is 2. The Morgan fingerprint density at radius 3 is 1.44 bits per heavy atom. The molecule has 2 N–H and O–H groups in total. The van der Waals surface area contributed by atoms with Crippen molar-refractivity contribution in [1.29, 1.82) is 0 Å². The first-order chi connectivity index (χ1) is 18.7. The molecule has 0 radical (unpaired) electrons. The molecule has 3 saturated carbocycles. The van der Waals surface area contributed by atoms with E-state index < -0.39 is 0 Å². The van der Waals surface area contributed by atoms with Gasteiger partial charge in [-0.3, -0.25) is 24.1 Å². The van der Waals surface area contributed by atoms with Crippen LogP contribution in [0.3, 0.4) is 0 Å². The standard InChI is InChI=1S/C31H40N4O4/c1-23(37)35(22-36)27-10-6-25(7-11-27)13-21-33-29(39)31-17-14-30(15-18-31,16-19-31)28(38)32-20-12-24-4-8-26(9-5-24)34(2)3/h4-11,22H,12-21H2,1-3H3,(H,32,38)(H,33,39). The molecule has 0 aromatic heterocycles. The number of carbonyl (C=O) groups excluding carboxylic acids is 4. The van der Waals surface area contributed by atoms with Crippen molar-refractivity contribution in [2.75, 3.05) is 37.0 Å². The number of nitrogens with one attached hydrogen (secondary N) is 2. The molecule has 0 heterocycles. The van der Waals surface area contributed by atoms with Crippen LogP contribution in [0, 0.1) is 10.8 Å². The van der Waals surface area contributed by atoms with Gasteiger partial charge in [-0.05, 0) is 86.8 Å². The molecule has 3 aliphatic rings. The molecule has 0 saturated heterocycles. The summed E-state index contributed by atoms with van der Waals surface area (Å²) < 4.78 is 0. The summed E-state index contributed by atoms with van der Waals surface area (Å²) in [5.74, 6) is -0.100. The molecule has 2 bridgehead atoms. The van der Waals surface area contributed by atoms with Crippen LogP contribution in [0.15, 0.2) is 48.5 Å². The van der Waals surface area contributed by atoms with Crippen LogP contribution in [0.5, 0.6) is 0 Å². The fourth-order valence-electron chi connectivity index (χ4n) is 5.98. The van der Waals surface area contributed by atoms with Gasteiger partial charge in [0.2, 0.25) is 24.1 Å². The number of hydrogen-bond donors (Lipinski definition) is 2. The molecule has 0 atom stereocenters. The predicted molar refractivity (Wildman–Crippen MR) is 152 cm³/mol. The van der Waals surface area contributed by atoms with E-state index in [1.807, 2.05) is 26.2 Å². The number of hydrogen-bond acceptors (Lipinski definition) is 5. The highest BCUT2D eigenvalue weighted by molar-refractivity contribution is 6.05. The maximum Gasteiger partial charge on any atom is 0.230 e. The summed E-state index contributed by atoms with van der Waals surface area (Å²) in [5, 5.41) is 6.30. The van der Waals surface area contributed by atoms with Gasteiger partial charge in [0.25, 0.3) is 0 Å². The number of amides is 4. The summed E-state index contributed by atoms with van der Waals surface area (Å²) >= 11 is 0. The fraction of sp³-hybridized carbons (Fsp3) is 0.484. The molecule has 4 amide bonds. The molecule has 8 heteroatoms. The number of fused-ring (bicyclic) bond motifs is 3. The SMILES string of the molecule is CC(=O)N(C=O)c1ccc(CCNC(=O)C23CCC(C(=O)NCCc4ccc(N(C)C)cc4)(CC2)CC3)cc1. The molecule has 0 spiro atoms.